The maximum absolute atomic E-state index is 13.4. The SMILES string of the molecule is CN1C(=O)c2cc(NC(=O)C3CCOCC3)ccc2OC[C@@H]2O[C@H](CC(=O)NC3CCCC3)CC[C@@H]21. The number of benzene rings is 1. The number of ether oxygens (including phenoxy) is 3. The van der Waals surface area contributed by atoms with E-state index in [1.54, 1.807) is 30.1 Å². The van der Waals surface area contributed by atoms with Crippen LogP contribution in [0.15, 0.2) is 18.2 Å². The first-order valence-corrected chi connectivity index (χ1v) is 13.4. The number of hydrogen-bond acceptors (Lipinski definition) is 6. The molecular formula is C27H37N3O6. The largest absolute Gasteiger partial charge is 0.490 e. The summed E-state index contributed by atoms with van der Waals surface area (Å²) in [6.45, 7) is 1.48. The lowest BCUT2D eigenvalue weighted by atomic mass is 9.94. The van der Waals surface area contributed by atoms with Crippen LogP contribution in [-0.2, 0) is 19.1 Å². The third-order valence-electron chi connectivity index (χ3n) is 8.00. The Morgan fingerprint density at radius 3 is 2.61 bits per heavy atom. The molecule has 3 fully saturated rings. The van der Waals surface area contributed by atoms with Crippen LogP contribution in [0, 0.1) is 5.92 Å². The van der Waals surface area contributed by atoms with Gasteiger partial charge in [0.05, 0.1) is 24.1 Å². The predicted octanol–water partition coefficient (Wildman–Crippen LogP) is 2.88. The molecule has 9 heteroatoms. The Kier molecular flexibility index (Phi) is 7.76. The number of anilines is 1. The van der Waals surface area contributed by atoms with Crippen LogP contribution in [0.5, 0.6) is 5.75 Å². The van der Waals surface area contributed by atoms with Gasteiger partial charge >= 0.3 is 0 Å². The van der Waals surface area contributed by atoms with Crippen LogP contribution in [-0.4, -0.2) is 73.8 Å². The van der Waals surface area contributed by atoms with Gasteiger partial charge in [-0.25, -0.2) is 0 Å². The van der Waals surface area contributed by atoms with Crippen molar-refractivity contribution in [1.82, 2.24) is 10.2 Å². The van der Waals surface area contributed by atoms with E-state index in [0.29, 0.717) is 68.5 Å². The second-order valence-electron chi connectivity index (χ2n) is 10.5. The first-order chi connectivity index (χ1) is 17.5. The minimum atomic E-state index is -0.307. The Morgan fingerprint density at radius 2 is 1.83 bits per heavy atom. The maximum Gasteiger partial charge on any atom is 0.257 e. The van der Waals surface area contributed by atoms with E-state index in [1.807, 2.05) is 0 Å². The maximum atomic E-state index is 13.4. The van der Waals surface area contributed by atoms with E-state index in [-0.39, 0.29) is 41.9 Å². The van der Waals surface area contributed by atoms with Gasteiger partial charge in [-0.05, 0) is 56.7 Å². The van der Waals surface area contributed by atoms with E-state index in [9.17, 15) is 14.4 Å². The molecule has 36 heavy (non-hydrogen) atoms. The summed E-state index contributed by atoms with van der Waals surface area (Å²) in [4.78, 5) is 40.3. The summed E-state index contributed by atoms with van der Waals surface area (Å²) in [6.07, 6.45) is 7.19. The minimum absolute atomic E-state index is 0.0437. The molecule has 5 rings (SSSR count). The molecule has 0 aromatic heterocycles. The highest BCUT2D eigenvalue weighted by Crippen LogP contribution is 2.33. The summed E-state index contributed by atoms with van der Waals surface area (Å²) in [5, 5.41) is 6.09. The minimum Gasteiger partial charge on any atom is -0.490 e. The Hall–Kier alpha value is -2.65. The highest BCUT2D eigenvalue weighted by molar-refractivity contribution is 6.00. The van der Waals surface area contributed by atoms with E-state index in [1.165, 1.54) is 12.8 Å². The molecule has 2 N–H and O–H groups in total. The fraction of sp³-hybridized carbons (Fsp3) is 0.667. The topological polar surface area (TPSA) is 106 Å². The number of nitrogens with one attached hydrogen (secondary N) is 2. The fourth-order valence-corrected chi connectivity index (χ4v) is 5.87. The van der Waals surface area contributed by atoms with Crippen LogP contribution < -0.4 is 15.4 Å². The molecule has 3 atom stereocenters. The zero-order chi connectivity index (χ0) is 25.1. The fourth-order valence-electron chi connectivity index (χ4n) is 5.87. The number of likely N-dealkylation sites (N-methyl/N-ethyl adjacent to an activating group) is 1. The second-order valence-corrected chi connectivity index (χ2v) is 10.5. The number of carbonyl (C=O) groups is 3. The van der Waals surface area contributed by atoms with Crippen molar-refractivity contribution in [3.63, 3.8) is 0 Å². The number of rotatable bonds is 5. The Balaban J connectivity index is 1.22. The molecule has 1 saturated carbocycles. The van der Waals surface area contributed by atoms with Crippen molar-refractivity contribution < 1.29 is 28.6 Å². The number of fused-ring (bicyclic) bond motifs is 2. The molecule has 196 valence electrons. The van der Waals surface area contributed by atoms with Gasteiger partial charge in [-0.3, -0.25) is 14.4 Å². The highest BCUT2D eigenvalue weighted by atomic mass is 16.5. The van der Waals surface area contributed by atoms with Gasteiger partial charge in [0.15, 0.2) is 0 Å². The predicted molar refractivity (Wildman–Crippen MR) is 133 cm³/mol. The molecule has 0 bridgehead atoms. The second kappa shape index (κ2) is 11.2. The monoisotopic (exact) mass is 499 g/mol. The van der Waals surface area contributed by atoms with E-state index in [2.05, 4.69) is 10.6 Å². The third-order valence-corrected chi connectivity index (χ3v) is 8.00. The van der Waals surface area contributed by atoms with Gasteiger partial charge in [-0.1, -0.05) is 12.8 Å². The van der Waals surface area contributed by atoms with E-state index in [0.717, 1.165) is 19.3 Å². The van der Waals surface area contributed by atoms with Gasteiger partial charge in [-0.2, -0.15) is 0 Å². The van der Waals surface area contributed by atoms with Gasteiger partial charge in [0.2, 0.25) is 11.8 Å². The average molecular weight is 500 g/mol. The highest BCUT2D eigenvalue weighted by Gasteiger charge is 2.39. The van der Waals surface area contributed by atoms with Crippen molar-refractivity contribution in [3.05, 3.63) is 23.8 Å². The molecule has 1 aromatic carbocycles. The van der Waals surface area contributed by atoms with Gasteiger partial charge in [-0.15, -0.1) is 0 Å². The molecular weight excluding hydrogens is 462 g/mol. The van der Waals surface area contributed by atoms with Crippen LogP contribution in [0.1, 0.15) is 68.1 Å². The lowest BCUT2D eigenvalue weighted by molar-refractivity contribution is -0.134. The lowest BCUT2D eigenvalue weighted by Gasteiger charge is -2.42. The van der Waals surface area contributed by atoms with Crippen LogP contribution in [0.25, 0.3) is 0 Å². The van der Waals surface area contributed by atoms with E-state index >= 15 is 0 Å². The van der Waals surface area contributed by atoms with Gasteiger partial charge < -0.3 is 29.7 Å². The van der Waals surface area contributed by atoms with E-state index < -0.39 is 0 Å². The molecule has 9 nitrogen and oxygen atoms in total. The quantitative estimate of drug-likeness (QED) is 0.645. The Bertz CT molecular complexity index is 972. The van der Waals surface area contributed by atoms with Crippen molar-refractivity contribution >= 4 is 23.4 Å². The molecule has 3 aliphatic heterocycles. The average Bonchev–Trinajstić information content (AvgIpc) is 3.40. The number of amides is 3. The summed E-state index contributed by atoms with van der Waals surface area (Å²) in [5.41, 5.74) is 1.01. The third kappa shape index (κ3) is 5.67. The normalized spacial score (nSPS) is 27.3. The van der Waals surface area contributed by atoms with Gasteiger partial charge in [0.25, 0.3) is 5.91 Å². The molecule has 1 aliphatic carbocycles. The van der Waals surface area contributed by atoms with Crippen molar-refractivity contribution in [3.8, 4) is 5.75 Å². The molecule has 0 spiro atoms. The standard InChI is InChI=1S/C27H37N3O6/c1-30-22-8-7-20(15-25(31)28-18-4-2-3-5-18)36-24(22)16-35-23-9-6-19(14-21(23)27(30)33)29-26(32)17-10-12-34-13-11-17/h6,9,14,17-18,20,22,24H,2-5,7-8,10-13,15-16H2,1H3,(H,28,31)(H,29,32)/t20-,22-,24-/m0/s1. The number of carbonyl (C=O) groups excluding carboxylic acids is 3. The summed E-state index contributed by atoms with van der Waals surface area (Å²) >= 11 is 0. The van der Waals surface area contributed by atoms with Crippen LogP contribution in [0.3, 0.4) is 0 Å². The number of hydrogen-bond donors (Lipinski definition) is 2. The molecule has 3 heterocycles. The number of nitrogens with zero attached hydrogens (tertiary/aromatic N) is 1. The van der Waals surface area contributed by atoms with E-state index in [4.69, 9.17) is 14.2 Å². The summed E-state index contributed by atoms with van der Waals surface area (Å²) in [7, 11) is 1.79. The first-order valence-electron chi connectivity index (χ1n) is 13.4. The van der Waals surface area contributed by atoms with Crippen molar-refractivity contribution in [1.29, 1.82) is 0 Å². The molecule has 2 saturated heterocycles. The first kappa shape index (κ1) is 25.0. The van der Waals surface area contributed by atoms with Crippen LogP contribution >= 0.6 is 0 Å². The Morgan fingerprint density at radius 1 is 1.06 bits per heavy atom. The zero-order valence-electron chi connectivity index (χ0n) is 21.0. The molecule has 1 aromatic rings. The van der Waals surface area contributed by atoms with Crippen molar-refractivity contribution in [2.75, 3.05) is 32.2 Å². The van der Waals surface area contributed by atoms with Crippen LogP contribution in [0.2, 0.25) is 0 Å². The lowest BCUT2D eigenvalue weighted by Crippen LogP contribution is -2.54. The smallest absolute Gasteiger partial charge is 0.257 e. The Labute approximate surface area is 212 Å². The van der Waals surface area contributed by atoms with Gasteiger partial charge in [0.1, 0.15) is 18.5 Å². The molecule has 3 amide bonds. The van der Waals surface area contributed by atoms with Crippen molar-refractivity contribution in [2.45, 2.75) is 82.1 Å². The summed E-state index contributed by atoms with van der Waals surface area (Å²) in [6, 6.07) is 5.35. The zero-order valence-corrected chi connectivity index (χ0v) is 21.0. The van der Waals surface area contributed by atoms with Crippen LogP contribution in [0.4, 0.5) is 5.69 Å². The molecule has 4 aliphatic rings. The summed E-state index contributed by atoms with van der Waals surface area (Å²) < 4.78 is 17.7. The molecule has 0 unspecified atom stereocenters. The molecule has 0 radical (unpaired) electrons. The summed E-state index contributed by atoms with van der Waals surface area (Å²) in [5.74, 6) is 0.225. The van der Waals surface area contributed by atoms with Gasteiger partial charge in [0, 0.05) is 37.9 Å². The van der Waals surface area contributed by atoms with Crippen molar-refractivity contribution in [2.24, 2.45) is 5.92 Å².